The Morgan fingerprint density at radius 2 is 2.09 bits per heavy atom. The zero-order valence-corrected chi connectivity index (χ0v) is 15.8. The summed E-state index contributed by atoms with van der Waals surface area (Å²) in [6, 6.07) is 8.24. The SMILES string of the molecule is CCNC(=NCc1ccccc1CO)NC1CC2CCC1O2.I. The zero-order chi connectivity index (χ0) is 15.4. The summed E-state index contributed by atoms with van der Waals surface area (Å²) in [5, 5.41) is 16.2. The maximum absolute atomic E-state index is 9.39. The van der Waals surface area contributed by atoms with Gasteiger partial charge in [0.1, 0.15) is 0 Å². The summed E-state index contributed by atoms with van der Waals surface area (Å²) in [5.74, 6) is 0.830. The lowest BCUT2D eigenvalue weighted by Gasteiger charge is -2.22. The Bertz CT molecular complexity index is 538. The van der Waals surface area contributed by atoms with Gasteiger partial charge in [0.25, 0.3) is 0 Å². The first kappa shape index (κ1) is 18.5. The first-order valence-electron chi connectivity index (χ1n) is 8.18. The molecule has 2 aliphatic rings. The second-order valence-corrected chi connectivity index (χ2v) is 5.98. The van der Waals surface area contributed by atoms with Crippen molar-refractivity contribution in [2.24, 2.45) is 4.99 Å². The maximum Gasteiger partial charge on any atom is 0.191 e. The third-order valence-electron chi connectivity index (χ3n) is 4.47. The van der Waals surface area contributed by atoms with Crippen LogP contribution < -0.4 is 10.6 Å². The molecule has 3 N–H and O–H groups in total. The molecule has 3 rings (SSSR count). The normalized spacial score (nSPS) is 26.0. The molecule has 2 fully saturated rings. The minimum atomic E-state index is 0. The Morgan fingerprint density at radius 1 is 1.30 bits per heavy atom. The molecule has 1 aromatic rings. The molecule has 2 aliphatic heterocycles. The molecule has 0 spiro atoms. The Morgan fingerprint density at radius 3 is 2.70 bits per heavy atom. The predicted molar refractivity (Wildman–Crippen MR) is 102 cm³/mol. The van der Waals surface area contributed by atoms with Crippen molar-refractivity contribution in [1.82, 2.24) is 10.6 Å². The maximum atomic E-state index is 9.39. The van der Waals surface area contributed by atoms with Gasteiger partial charge >= 0.3 is 0 Å². The van der Waals surface area contributed by atoms with Crippen LogP contribution in [-0.2, 0) is 17.9 Å². The second-order valence-electron chi connectivity index (χ2n) is 5.98. The van der Waals surface area contributed by atoms with E-state index in [1.807, 2.05) is 24.3 Å². The van der Waals surface area contributed by atoms with Crippen LogP contribution in [0.4, 0.5) is 0 Å². The molecule has 0 saturated carbocycles. The van der Waals surface area contributed by atoms with Crippen LogP contribution in [0.1, 0.15) is 37.3 Å². The van der Waals surface area contributed by atoms with Crippen LogP contribution in [0.5, 0.6) is 0 Å². The highest BCUT2D eigenvalue weighted by molar-refractivity contribution is 14.0. The quantitative estimate of drug-likeness (QED) is 0.380. The standard InChI is InChI=1S/C17H25N3O2.HI/c1-2-18-17(20-15-9-14-7-8-16(15)22-14)19-10-12-5-3-4-6-13(12)11-21;/h3-6,14-16,21H,2,7-11H2,1H3,(H2,18,19,20);1H. The van der Waals surface area contributed by atoms with Gasteiger partial charge in [-0.25, -0.2) is 4.99 Å². The van der Waals surface area contributed by atoms with E-state index in [2.05, 4.69) is 22.5 Å². The molecule has 1 aromatic carbocycles. The number of benzene rings is 1. The summed E-state index contributed by atoms with van der Waals surface area (Å²) in [4.78, 5) is 4.67. The summed E-state index contributed by atoms with van der Waals surface area (Å²) in [6.45, 7) is 3.51. The van der Waals surface area contributed by atoms with Crippen LogP contribution in [0.15, 0.2) is 29.3 Å². The summed E-state index contributed by atoms with van der Waals surface area (Å²) >= 11 is 0. The molecule has 3 unspecified atom stereocenters. The fourth-order valence-corrected chi connectivity index (χ4v) is 3.32. The van der Waals surface area contributed by atoms with Crippen molar-refractivity contribution in [1.29, 1.82) is 0 Å². The van der Waals surface area contributed by atoms with Gasteiger partial charge in [0.05, 0.1) is 31.4 Å². The first-order chi connectivity index (χ1) is 10.8. The van der Waals surface area contributed by atoms with Crippen molar-refractivity contribution in [3.63, 3.8) is 0 Å². The first-order valence-corrected chi connectivity index (χ1v) is 8.18. The Labute approximate surface area is 154 Å². The van der Waals surface area contributed by atoms with E-state index < -0.39 is 0 Å². The monoisotopic (exact) mass is 431 g/mol. The number of hydrogen-bond acceptors (Lipinski definition) is 3. The number of rotatable bonds is 5. The Kier molecular flexibility index (Phi) is 7.10. The summed E-state index contributed by atoms with van der Waals surface area (Å²) in [5.41, 5.74) is 2.00. The highest BCUT2D eigenvalue weighted by Crippen LogP contribution is 2.34. The van der Waals surface area contributed by atoms with Crippen molar-refractivity contribution in [3.8, 4) is 0 Å². The molecule has 3 atom stereocenters. The average molecular weight is 431 g/mol. The molecular formula is C17H26IN3O2. The zero-order valence-electron chi connectivity index (χ0n) is 13.5. The lowest BCUT2D eigenvalue weighted by Crippen LogP contribution is -2.47. The van der Waals surface area contributed by atoms with Gasteiger partial charge in [0.2, 0.25) is 0 Å². The third-order valence-corrected chi connectivity index (χ3v) is 4.47. The smallest absolute Gasteiger partial charge is 0.191 e. The van der Waals surface area contributed by atoms with Crippen molar-refractivity contribution >= 4 is 29.9 Å². The molecular weight excluding hydrogens is 405 g/mol. The molecule has 2 saturated heterocycles. The van der Waals surface area contributed by atoms with Gasteiger partial charge in [0, 0.05) is 6.54 Å². The van der Waals surface area contributed by atoms with E-state index in [9.17, 15) is 5.11 Å². The van der Waals surface area contributed by atoms with Gasteiger partial charge in [-0.15, -0.1) is 24.0 Å². The van der Waals surface area contributed by atoms with E-state index in [1.54, 1.807) is 0 Å². The molecule has 0 aromatic heterocycles. The largest absolute Gasteiger partial charge is 0.392 e. The van der Waals surface area contributed by atoms with Crippen molar-refractivity contribution < 1.29 is 9.84 Å². The molecule has 0 radical (unpaired) electrons. The number of nitrogens with zero attached hydrogens (tertiary/aromatic N) is 1. The number of aliphatic hydroxyl groups excluding tert-OH is 1. The van der Waals surface area contributed by atoms with Crippen molar-refractivity contribution in [2.75, 3.05) is 6.54 Å². The van der Waals surface area contributed by atoms with E-state index in [0.717, 1.165) is 36.5 Å². The Hall–Kier alpha value is -0.860. The van der Waals surface area contributed by atoms with Gasteiger partial charge in [-0.3, -0.25) is 0 Å². The topological polar surface area (TPSA) is 65.9 Å². The predicted octanol–water partition coefficient (Wildman–Crippen LogP) is 2.17. The summed E-state index contributed by atoms with van der Waals surface area (Å²) in [6.07, 6.45) is 4.18. The molecule has 128 valence electrons. The van der Waals surface area contributed by atoms with Gasteiger partial charge in [0.15, 0.2) is 5.96 Å². The number of nitrogens with one attached hydrogen (secondary N) is 2. The van der Waals surface area contributed by atoms with Crippen LogP contribution in [-0.4, -0.2) is 35.9 Å². The van der Waals surface area contributed by atoms with Crippen LogP contribution in [0.25, 0.3) is 0 Å². The fraction of sp³-hybridized carbons (Fsp3) is 0.588. The van der Waals surface area contributed by atoms with E-state index in [0.29, 0.717) is 24.8 Å². The number of halogens is 1. The van der Waals surface area contributed by atoms with E-state index in [-0.39, 0.29) is 30.6 Å². The minimum Gasteiger partial charge on any atom is -0.392 e. The van der Waals surface area contributed by atoms with Gasteiger partial charge in [-0.05, 0) is 37.3 Å². The van der Waals surface area contributed by atoms with Gasteiger partial charge < -0.3 is 20.5 Å². The summed E-state index contributed by atoms with van der Waals surface area (Å²) in [7, 11) is 0. The van der Waals surface area contributed by atoms with Crippen LogP contribution in [0.3, 0.4) is 0 Å². The van der Waals surface area contributed by atoms with Crippen LogP contribution in [0.2, 0.25) is 0 Å². The van der Waals surface area contributed by atoms with E-state index in [4.69, 9.17) is 4.74 Å². The number of guanidine groups is 1. The lowest BCUT2D eigenvalue weighted by molar-refractivity contribution is 0.0992. The average Bonchev–Trinajstić information content (AvgIpc) is 3.16. The molecule has 23 heavy (non-hydrogen) atoms. The lowest BCUT2D eigenvalue weighted by atomic mass is 9.96. The highest BCUT2D eigenvalue weighted by Gasteiger charge is 2.41. The third kappa shape index (κ3) is 4.58. The molecule has 0 aliphatic carbocycles. The molecule has 0 amide bonds. The number of hydrogen-bond donors (Lipinski definition) is 3. The molecule has 2 bridgehead atoms. The van der Waals surface area contributed by atoms with Gasteiger partial charge in [-0.2, -0.15) is 0 Å². The van der Waals surface area contributed by atoms with Gasteiger partial charge in [-0.1, -0.05) is 24.3 Å². The minimum absolute atomic E-state index is 0. The second kappa shape index (κ2) is 8.84. The van der Waals surface area contributed by atoms with E-state index in [1.165, 1.54) is 6.42 Å². The highest BCUT2D eigenvalue weighted by atomic mass is 127. The van der Waals surface area contributed by atoms with Crippen molar-refractivity contribution in [3.05, 3.63) is 35.4 Å². The fourth-order valence-electron chi connectivity index (χ4n) is 3.32. The molecule has 6 heteroatoms. The Balaban J connectivity index is 0.00000192. The molecule has 5 nitrogen and oxygen atoms in total. The van der Waals surface area contributed by atoms with Crippen LogP contribution in [0, 0.1) is 0 Å². The van der Waals surface area contributed by atoms with Crippen LogP contribution >= 0.6 is 24.0 Å². The molecule has 2 heterocycles. The summed E-state index contributed by atoms with van der Waals surface area (Å²) < 4.78 is 5.88. The number of ether oxygens (including phenoxy) is 1. The van der Waals surface area contributed by atoms with Crippen molar-refractivity contribution in [2.45, 2.75) is 57.6 Å². The number of fused-ring (bicyclic) bond motifs is 2. The number of aliphatic hydroxyl groups is 1. The number of aliphatic imine (C=N–C) groups is 1. The van der Waals surface area contributed by atoms with E-state index >= 15 is 0 Å².